The molecular weight excluding hydrogens is 294 g/mol. The number of benzene rings is 2. The van der Waals surface area contributed by atoms with Crippen molar-refractivity contribution < 1.29 is 13.3 Å². The number of alkyl halides is 2. The van der Waals surface area contributed by atoms with Crippen LogP contribution in [0.3, 0.4) is 0 Å². The second-order valence-electron chi connectivity index (χ2n) is 4.20. The lowest BCUT2D eigenvalue weighted by Crippen LogP contribution is -1.84. The predicted octanol–water partition coefficient (Wildman–Crippen LogP) is 4.83. The van der Waals surface area contributed by atoms with E-state index in [9.17, 15) is 8.78 Å². The molecule has 0 saturated carbocycles. The number of hydrogen-bond donors (Lipinski definition) is 0. The fourth-order valence-electron chi connectivity index (χ4n) is 1.74. The third-order valence-corrected chi connectivity index (χ3v) is 3.74. The normalized spacial score (nSPS) is 11.0. The summed E-state index contributed by atoms with van der Waals surface area (Å²) < 4.78 is 29.3. The van der Waals surface area contributed by atoms with Crippen LogP contribution in [0.2, 0.25) is 0 Å². The molecule has 0 aliphatic rings. The van der Waals surface area contributed by atoms with Gasteiger partial charge in [0, 0.05) is 15.4 Å². The van der Waals surface area contributed by atoms with Crippen LogP contribution >= 0.6 is 11.8 Å². The first-order chi connectivity index (χ1) is 10.2. The average molecular weight is 304 g/mol. The molecule has 0 spiro atoms. The molecule has 3 nitrogen and oxygen atoms in total. The van der Waals surface area contributed by atoms with E-state index < -0.39 is 12.3 Å². The molecule has 3 aromatic rings. The lowest BCUT2D eigenvalue weighted by atomic mass is 10.2. The van der Waals surface area contributed by atoms with Gasteiger partial charge in [0.05, 0.1) is 0 Å². The van der Waals surface area contributed by atoms with Crippen molar-refractivity contribution in [2.75, 3.05) is 0 Å². The van der Waals surface area contributed by atoms with Crippen molar-refractivity contribution in [3.05, 3.63) is 60.5 Å². The molecule has 6 heteroatoms. The summed E-state index contributed by atoms with van der Waals surface area (Å²) >= 11 is 1.62. The lowest BCUT2D eigenvalue weighted by Gasteiger charge is -2.01. The van der Waals surface area contributed by atoms with Crippen LogP contribution in [0.1, 0.15) is 12.3 Å². The minimum absolute atomic E-state index is 0.168. The molecule has 0 radical (unpaired) electrons. The average Bonchev–Trinajstić information content (AvgIpc) is 2.99. The number of nitrogens with zero attached hydrogens (tertiary/aromatic N) is 2. The smallest absolute Gasteiger partial charge is 0.315 e. The van der Waals surface area contributed by atoms with E-state index in [0.717, 1.165) is 9.79 Å². The van der Waals surface area contributed by atoms with Crippen LogP contribution in [0, 0.1) is 0 Å². The maximum Gasteiger partial charge on any atom is 0.315 e. The summed E-state index contributed by atoms with van der Waals surface area (Å²) in [4.78, 5) is 5.83. The Morgan fingerprint density at radius 1 is 0.905 bits per heavy atom. The Kier molecular flexibility index (Phi) is 3.96. The van der Waals surface area contributed by atoms with Crippen molar-refractivity contribution in [1.82, 2.24) is 10.1 Å². The fourth-order valence-corrected chi connectivity index (χ4v) is 2.58. The molecule has 0 atom stereocenters. The summed E-state index contributed by atoms with van der Waals surface area (Å²) in [6, 6.07) is 17.3. The van der Waals surface area contributed by atoms with Crippen molar-refractivity contribution in [3.63, 3.8) is 0 Å². The Bertz CT molecular complexity index is 714. The minimum Gasteiger partial charge on any atom is -0.333 e. The van der Waals surface area contributed by atoms with Crippen molar-refractivity contribution in [2.45, 2.75) is 16.2 Å². The van der Waals surface area contributed by atoms with Gasteiger partial charge in [-0.1, -0.05) is 35.1 Å². The minimum atomic E-state index is -2.75. The first-order valence-electron chi connectivity index (χ1n) is 6.17. The topological polar surface area (TPSA) is 38.9 Å². The molecule has 1 heterocycles. The zero-order valence-corrected chi connectivity index (χ0v) is 11.6. The Morgan fingerprint density at radius 3 is 2.19 bits per heavy atom. The van der Waals surface area contributed by atoms with Crippen LogP contribution in [0.5, 0.6) is 0 Å². The number of hydrogen-bond acceptors (Lipinski definition) is 4. The quantitative estimate of drug-likeness (QED) is 0.692. The zero-order valence-electron chi connectivity index (χ0n) is 10.7. The lowest BCUT2D eigenvalue weighted by molar-refractivity contribution is 0.106. The summed E-state index contributed by atoms with van der Waals surface area (Å²) in [6.45, 7) is 0. The van der Waals surface area contributed by atoms with Crippen LogP contribution < -0.4 is 0 Å². The molecule has 0 aliphatic carbocycles. The largest absolute Gasteiger partial charge is 0.333 e. The molecule has 3 rings (SSSR count). The van der Waals surface area contributed by atoms with Gasteiger partial charge in [-0.25, -0.2) is 0 Å². The number of rotatable bonds is 4. The van der Waals surface area contributed by atoms with E-state index in [1.165, 1.54) is 0 Å². The van der Waals surface area contributed by atoms with Gasteiger partial charge in [0.15, 0.2) is 0 Å². The van der Waals surface area contributed by atoms with Crippen molar-refractivity contribution in [2.24, 2.45) is 0 Å². The Labute approximate surface area is 124 Å². The van der Waals surface area contributed by atoms with E-state index in [-0.39, 0.29) is 5.82 Å². The van der Waals surface area contributed by atoms with Gasteiger partial charge >= 0.3 is 6.43 Å². The maximum absolute atomic E-state index is 12.4. The molecule has 0 fully saturated rings. The highest BCUT2D eigenvalue weighted by Crippen LogP contribution is 2.29. The van der Waals surface area contributed by atoms with Gasteiger partial charge in [-0.15, -0.1) is 0 Å². The van der Waals surface area contributed by atoms with E-state index in [1.807, 2.05) is 42.5 Å². The third-order valence-electron chi connectivity index (χ3n) is 2.72. The van der Waals surface area contributed by atoms with Crippen LogP contribution in [0.25, 0.3) is 11.4 Å². The Hall–Kier alpha value is -2.21. The van der Waals surface area contributed by atoms with E-state index in [0.29, 0.717) is 5.56 Å². The van der Waals surface area contributed by atoms with Crippen LogP contribution in [0.4, 0.5) is 8.78 Å². The van der Waals surface area contributed by atoms with Gasteiger partial charge in [-0.05, 0) is 36.4 Å². The zero-order chi connectivity index (χ0) is 14.7. The molecule has 0 amide bonds. The van der Waals surface area contributed by atoms with Gasteiger partial charge in [0.1, 0.15) is 0 Å². The highest BCUT2D eigenvalue weighted by atomic mass is 32.2. The Morgan fingerprint density at radius 2 is 1.57 bits per heavy atom. The summed E-state index contributed by atoms with van der Waals surface area (Å²) in [7, 11) is 0. The molecule has 21 heavy (non-hydrogen) atoms. The third kappa shape index (κ3) is 3.28. The molecular formula is C15H10F2N2OS. The maximum atomic E-state index is 12.4. The highest BCUT2D eigenvalue weighted by Gasteiger charge is 2.17. The predicted molar refractivity (Wildman–Crippen MR) is 75.3 cm³/mol. The summed E-state index contributed by atoms with van der Waals surface area (Å²) in [5.74, 6) is -0.491. The molecule has 1 aromatic heterocycles. The van der Waals surface area contributed by atoms with E-state index in [4.69, 9.17) is 0 Å². The number of halogens is 2. The van der Waals surface area contributed by atoms with E-state index in [2.05, 4.69) is 14.7 Å². The van der Waals surface area contributed by atoms with E-state index in [1.54, 1.807) is 23.9 Å². The second-order valence-corrected chi connectivity index (χ2v) is 5.34. The van der Waals surface area contributed by atoms with Gasteiger partial charge in [0.2, 0.25) is 5.82 Å². The molecule has 0 unspecified atom stereocenters. The van der Waals surface area contributed by atoms with Gasteiger partial charge in [-0.2, -0.15) is 13.8 Å². The molecule has 2 aromatic carbocycles. The van der Waals surface area contributed by atoms with Gasteiger partial charge < -0.3 is 4.52 Å². The van der Waals surface area contributed by atoms with E-state index >= 15 is 0 Å². The monoisotopic (exact) mass is 304 g/mol. The highest BCUT2D eigenvalue weighted by molar-refractivity contribution is 7.99. The van der Waals surface area contributed by atoms with Crippen LogP contribution in [-0.2, 0) is 0 Å². The summed E-state index contributed by atoms with van der Waals surface area (Å²) in [5.41, 5.74) is 0.642. The first-order valence-corrected chi connectivity index (χ1v) is 6.99. The SMILES string of the molecule is FC(F)c1nc(-c2ccc(Sc3ccccc3)cc2)no1. The molecule has 0 N–H and O–H groups in total. The Balaban J connectivity index is 1.77. The van der Waals surface area contributed by atoms with Crippen molar-refractivity contribution in [1.29, 1.82) is 0 Å². The summed E-state index contributed by atoms with van der Waals surface area (Å²) in [6.07, 6.45) is -2.75. The van der Waals surface area contributed by atoms with Gasteiger partial charge in [-0.3, -0.25) is 0 Å². The fraction of sp³-hybridized carbons (Fsp3) is 0.0667. The summed E-state index contributed by atoms with van der Waals surface area (Å²) in [5, 5.41) is 3.55. The van der Waals surface area contributed by atoms with Crippen molar-refractivity contribution >= 4 is 11.8 Å². The first kappa shape index (κ1) is 13.8. The molecule has 106 valence electrons. The molecule has 0 saturated heterocycles. The molecule has 0 bridgehead atoms. The second kappa shape index (κ2) is 6.05. The van der Waals surface area contributed by atoms with Crippen molar-refractivity contribution in [3.8, 4) is 11.4 Å². The standard InChI is InChI=1S/C15H10F2N2OS/c16-13(17)15-18-14(19-20-15)10-6-8-12(9-7-10)21-11-4-2-1-3-5-11/h1-9,13H. The van der Waals surface area contributed by atoms with Crippen LogP contribution in [-0.4, -0.2) is 10.1 Å². The number of aromatic nitrogens is 2. The molecule has 0 aliphatic heterocycles. The van der Waals surface area contributed by atoms with Crippen LogP contribution in [0.15, 0.2) is 68.9 Å². The van der Waals surface area contributed by atoms with Gasteiger partial charge in [0.25, 0.3) is 5.89 Å².